The van der Waals surface area contributed by atoms with Crippen molar-refractivity contribution in [2.24, 2.45) is 0 Å². The predicted molar refractivity (Wildman–Crippen MR) is 45.2 cm³/mol. The van der Waals surface area contributed by atoms with Gasteiger partial charge in [0, 0.05) is 18.3 Å². The number of carbonyl (C=O) groups is 1. The highest BCUT2D eigenvalue weighted by molar-refractivity contribution is 6.04. The Kier molecular flexibility index (Phi) is 1.58. The first kappa shape index (κ1) is 8.31. The number of Topliss-reactive ketones (excluding diaryl/α,β-unsaturated/α-hetero) is 1. The first-order valence-electron chi connectivity index (χ1n) is 3.85. The monoisotopic (exact) mass is 153 g/mol. The third-order valence-electron chi connectivity index (χ3n) is 2.78. The molecule has 0 N–H and O–H groups in total. The van der Waals surface area contributed by atoms with Gasteiger partial charge in [0.2, 0.25) is 0 Å². The fourth-order valence-electron chi connectivity index (χ4n) is 1.45. The van der Waals surface area contributed by atoms with E-state index in [1.807, 2.05) is 39.6 Å². The lowest BCUT2D eigenvalue weighted by atomic mass is 9.98. The van der Waals surface area contributed by atoms with E-state index in [9.17, 15) is 4.79 Å². The summed E-state index contributed by atoms with van der Waals surface area (Å²) in [6, 6.07) is 0. The minimum atomic E-state index is -0.325. The average Bonchev–Trinajstić information content (AvgIpc) is 2.06. The van der Waals surface area contributed by atoms with Crippen molar-refractivity contribution in [3.05, 3.63) is 11.3 Å². The molecule has 0 saturated heterocycles. The van der Waals surface area contributed by atoms with E-state index in [1.54, 1.807) is 0 Å². The number of carbonyl (C=O) groups excluding carboxylic acids is 1. The third kappa shape index (κ3) is 0.889. The SMILES string of the molecule is CC1=C(C)N(C)C(C)(C)C1=O. The lowest BCUT2D eigenvalue weighted by Gasteiger charge is -2.29. The van der Waals surface area contributed by atoms with Crippen molar-refractivity contribution >= 4 is 5.78 Å². The number of allylic oxidation sites excluding steroid dienone is 1. The summed E-state index contributed by atoms with van der Waals surface area (Å²) in [6.07, 6.45) is 0. The molecule has 0 aliphatic carbocycles. The lowest BCUT2D eigenvalue weighted by Crippen LogP contribution is -2.41. The fourth-order valence-corrected chi connectivity index (χ4v) is 1.45. The van der Waals surface area contributed by atoms with Gasteiger partial charge in [-0.05, 0) is 27.7 Å². The molecular formula is C9H15NO. The molecule has 1 heterocycles. The van der Waals surface area contributed by atoms with E-state index in [-0.39, 0.29) is 11.3 Å². The van der Waals surface area contributed by atoms with Crippen molar-refractivity contribution in [2.75, 3.05) is 7.05 Å². The van der Waals surface area contributed by atoms with E-state index in [0.29, 0.717) is 0 Å². The van der Waals surface area contributed by atoms with Crippen molar-refractivity contribution in [3.63, 3.8) is 0 Å². The molecule has 0 amide bonds. The van der Waals surface area contributed by atoms with Gasteiger partial charge in [0.25, 0.3) is 0 Å². The Bertz CT molecular complexity index is 238. The summed E-state index contributed by atoms with van der Waals surface area (Å²) in [5, 5.41) is 0. The smallest absolute Gasteiger partial charge is 0.185 e. The largest absolute Gasteiger partial charge is 0.365 e. The van der Waals surface area contributed by atoms with Crippen LogP contribution in [0.15, 0.2) is 11.3 Å². The topological polar surface area (TPSA) is 20.3 Å². The zero-order chi connectivity index (χ0) is 8.81. The summed E-state index contributed by atoms with van der Waals surface area (Å²) >= 11 is 0. The maximum Gasteiger partial charge on any atom is 0.185 e. The molecule has 0 radical (unpaired) electrons. The van der Waals surface area contributed by atoms with Gasteiger partial charge in [0.15, 0.2) is 5.78 Å². The maximum atomic E-state index is 11.5. The molecule has 1 rings (SSSR count). The summed E-state index contributed by atoms with van der Waals surface area (Å²) in [6.45, 7) is 7.79. The zero-order valence-electron chi connectivity index (χ0n) is 7.86. The number of likely N-dealkylation sites (N-methyl/N-ethyl adjacent to an activating group) is 1. The van der Waals surface area contributed by atoms with Gasteiger partial charge in [-0.2, -0.15) is 0 Å². The van der Waals surface area contributed by atoms with Crippen molar-refractivity contribution in [1.29, 1.82) is 0 Å². The Balaban J connectivity index is 3.13. The average molecular weight is 153 g/mol. The van der Waals surface area contributed by atoms with Crippen LogP contribution in [0.1, 0.15) is 27.7 Å². The molecule has 0 fully saturated rings. The first-order chi connectivity index (χ1) is 4.89. The number of hydrogen-bond acceptors (Lipinski definition) is 2. The summed E-state index contributed by atoms with van der Waals surface area (Å²) in [5.41, 5.74) is 1.67. The van der Waals surface area contributed by atoms with Crippen LogP contribution >= 0.6 is 0 Å². The van der Waals surface area contributed by atoms with Crippen molar-refractivity contribution in [1.82, 2.24) is 4.90 Å². The molecule has 62 valence electrons. The van der Waals surface area contributed by atoms with E-state index in [1.165, 1.54) is 0 Å². The maximum absolute atomic E-state index is 11.5. The molecule has 0 aromatic heterocycles. The molecule has 11 heavy (non-hydrogen) atoms. The molecule has 0 aromatic rings. The molecule has 2 nitrogen and oxygen atoms in total. The molecule has 0 atom stereocenters. The Morgan fingerprint density at radius 2 is 1.73 bits per heavy atom. The minimum Gasteiger partial charge on any atom is -0.365 e. The quantitative estimate of drug-likeness (QED) is 0.526. The second-order valence-electron chi connectivity index (χ2n) is 3.66. The normalized spacial score (nSPS) is 23.4. The Morgan fingerprint density at radius 1 is 1.27 bits per heavy atom. The second kappa shape index (κ2) is 2.10. The Hall–Kier alpha value is -0.790. The molecular weight excluding hydrogens is 138 g/mol. The molecule has 0 saturated carbocycles. The predicted octanol–water partition coefficient (Wildman–Crippen LogP) is 1.57. The highest BCUT2D eigenvalue weighted by atomic mass is 16.1. The number of nitrogens with zero attached hydrogens (tertiary/aromatic N) is 1. The van der Waals surface area contributed by atoms with E-state index in [4.69, 9.17) is 0 Å². The molecule has 0 spiro atoms. The number of hydrogen-bond donors (Lipinski definition) is 0. The third-order valence-corrected chi connectivity index (χ3v) is 2.78. The highest BCUT2D eigenvalue weighted by Gasteiger charge is 2.39. The van der Waals surface area contributed by atoms with Crippen LogP contribution in [0.25, 0.3) is 0 Å². The molecule has 0 aromatic carbocycles. The fraction of sp³-hybridized carbons (Fsp3) is 0.667. The number of ketones is 1. The van der Waals surface area contributed by atoms with Crippen LogP contribution in [-0.4, -0.2) is 23.3 Å². The van der Waals surface area contributed by atoms with E-state index < -0.39 is 0 Å². The van der Waals surface area contributed by atoms with Gasteiger partial charge >= 0.3 is 0 Å². The van der Waals surface area contributed by atoms with Crippen LogP contribution in [0, 0.1) is 0 Å². The van der Waals surface area contributed by atoms with Gasteiger partial charge in [-0.3, -0.25) is 4.79 Å². The standard InChI is InChI=1S/C9H15NO/c1-6-7(2)10(5)9(3,4)8(6)11/h1-5H3. The Labute approximate surface area is 67.9 Å². The minimum absolute atomic E-state index is 0.248. The molecule has 0 bridgehead atoms. The van der Waals surface area contributed by atoms with Crippen LogP contribution < -0.4 is 0 Å². The Morgan fingerprint density at radius 3 is 1.82 bits per heavy atom. The summed E-state index contributed by atoms with van der Waals surface area (Å²) in [5.74, 6) is 0.248. The van der Waals surface area contributed by atoms with Gasteiger partial charge in [0.1, 0.15) is 0 Å². The van der Waals surface area contributed by atoms with E-state index in [2.05, 4.69) is 0 Å². The number of rotatable bonds is 0. The van der Waals surface area contributed by atoms with Crippen LogP contribution in [0.3, 0.4) is 0 Å². The van der Waals surface area contributed by atoms with E-state index in [0.717, 1.165) is 11.3 Å². The van der Waals surface area contributed by atoms with Crippen molar-refractivity contribution < 1.29 is 4.79 Å². The van der Waals surface area contributed by atoms with Crippen molar-refractivity contribution in [2.45, 2.75) is 33.2 Å². The van der Waals surface area contributed by atoms with Crippen LogP contribution in [0.4, 0.5) is 0 Å². The van der Waals surface area contributed by atoms with Crippen LogP contribution in [0.5, 0.6) is 0 Å². The molecule has 1 aliphatic rings. The van der Waals surface area contributed by atoms with E-state index >= 15 is 0 Å². The van der Waals surface area contributed by atoms with Crippen molar-refractivity contribution in [3.8, 4) is 0 Å². The summed E-state index contributed by atoms with van der Waals surface area (Å²) < 4.78 is 0. The molecule has 1 aliphatic heterocycles. The van der Waals surface area contributed by atoms with Gasteiger partial charge in [-0.25, -0.2) is 0 Å². The van der Waals surface area contributed by atoms with Gasteiger partial charge < -0.3 is 4.90 Å². The van der Waals surface area contributed by atoms with Gasteiger partial charge in [0.05, 0.1) is 5.54 Å². The molecule has 0 unspecified atom stereocenters. The van der Waals surface area contributed by atoms with Gasteiger partial charge in [-0.15, -0.1) is 0 Å². The second-order valence-corrected chi connectivity index (χ2v) is 3.66. The van der Waals surface area contributed by atoms with Crippen LogP contribution in [0.2, 0.25) is 0 Å². The van der Waals surface area contributed by atoms with Gasteiger partial charge in [-0.1, -0.05) is 0 Å². The first-order valence-corrected chi connectivity index (χ1v) is 3.85. The highest BCUT2D eigenvalue weighted by Crippen LogP contribution is 2.31. The zero-order valence-corrected chi connectivity index (χ0v) is 7.86. The molecule has 2 heteroatoms. The summed E-state index contributed by atoms with van der Waals surface area (Å²) in [4.78, 5) is 13.6. The van der Waals surface area contributed by atoms with Crippen LogP contribution in [-0.2, 0) is 4.79 Å². The summed E-state index contributed by atoms with van der Waals surface area (Å²) in [7, 11) is 1.96. The lowest BCUT2D eigenvalue weighted by molar-refractivity contribution is -0.121.